The van der Waals surface area contributed by atoms with Gasteiger partial charge in [-0.25, -0.2) is 4.98 Å². The summed E-state index contributed by atoms with van der Waals surface area (Å²) < 4.78 is 11.0. The molecule has 0 aliphatic carbocycles. The predicted octanol–water partition coefficient (Wildman–Crippen LogP) is 4.44. The number of hydrogen-bond acceptors (Lipinski definition) is 6. The second-order valence-electron chi connectivity index (χ2n) is 6.58. The monoisotopic (exact) mass is 392 g/mol. The Hall–Kier alpha value is -2.96. The van der Waals surface area contributed by atoms with E-state index in [0.29, 0.717) is 30.0 Å². The van der Waals surface area contributed by atoms with Crippen molar-refractivity contribution in [2.75, 3.05) is 31.2 Å². The summed E-state index contributed by atoms with van der Waals surface area (Å²) in [5.74, 6) is 1.82. The summed E-state index contributed by atoms with van der Waals surface area (Å²) in [7, 11) is 0. The number of para-hydroxylation sites is 1. The van der Waals surface area contributed by atoms with Crippen molar-refractivity contribution in [3.05, 3.63) is 59.6 Å². The highest BCUT2D eigenvalue weighted by atomic mass is 35.5. The first-order valence-corrected chi connectivity index (χ1v) is 9.48. The van der Waals surface area contributed by atoms with Crippen LogP contribution in [0.5, 0.6) is 0 Å². The molecule has 0 N–H and O–H groups in total. The SMILES string of the molecule is Clc1ccc(-c2nc(-c3cc4ccccc4nc3N3CCOCC3)no2)cc1. The standard InChI is InChI=1S/C21H17ClN4O2/c22-16-7-5-14(6-8-16)21-24-19(25-28-21)17-13-15-3-1-2-4-18(15)23-20(17)26-9-11-27-12-10-26/h1-8,13H,9-12H2. The number of benzene rings is 2. The molecule has 140 valence electrons. The van der Waals surface area contributed by atoms with Crippen molar-refractivity contribution in [3.8, 4) is 22.8 Å². The number of anilines is 1. The number of morpholine rings is 1. The summed E-state index contributed by atoms with van der Waals surface area (Å²) >= 11 is 5.97. The highest BCUT2D eigenvalue weighted by molar-refractivity contribution is 6.30. The van der Waals surface area contributed by atoms with Gasteiger partial charge in [-0.1, -0.05) is 35.0 Å². The van der Waals surface area contributed by atoms with E-state index in [2.05, 4.69) is 21.1 Å². The van der Waals surface area contributed by atoms with Gasteiger partial charge in [0.15, 0.2) is 0 Å². The van der Waals surface area contributed by atoms with Crippen LogP contribution in [0, 0.1) is 0 Å². The number of nitrogens with zero attached hydrogens (tertiary/aromatic N) is 4. The van der Waals surface area contributed by atoms with Gasteiger partial charge in [0.2, 0.25) is 5.82 Å². The lowest BCUT2D eigenvalue weighted by Crippen LogP contribution is -2.37. The Morgan fingerprint density at radius 1 is 0.929 bits per heavy atom. The van der Waals surface area contributed by atoms with E-state index in [1.54, 1.807) is 12.1 Å². The molecule has 28 heavy (non-hydrogen) atoms. The lowest BCUT2D eigenvalue weighted by Gasteiger charge is -2.29. The zero-order valence-electron chi connectivity index (χ0n) is 15.0. The molecule has 1 saturated heterocycles. The first-order chi connectivity index (χ1) is 13.8. The second-order valence-corrected chi connectivity index (χ2v) is 7.02. The van der Waals surface area contributed by atoms with Crippen LogP contribution in [0.3, 0.4) is 0 Å². The highest BCUT2D eigenvalue weighted by Gasteiger charge is 2.21. The van der Waals surface area contributed by atoms with Gasteiger partial charge >= 0.3 is 0 Å². The first-order valence-electron chi connectivity index (χ1n) is 9.10. The molecule has 0 radical (unpaired) electrons. The summed E-state index contributed by atoms with van der Waals surface area (Å²) in [6, 6.07) is 17.4. The molecular weight excluding hydrogens is 376 g/mol. The largest absolute Gasteiger partial charge is 0.378 e. The quantitative estimate of drug-likeness (QED) is 0.513. The molecule has 0 amide bonds. The van der Waals surface area contributed by atoms with E-state index in [-0.39, 0.29) is 0 Å². The number of ether oxygens (including phenoxy) is 1. The van der Waals surface area contributed by atoms with E-state index in [1.165, 1.54) is 0 Å². The number of halogens is 1. The van der Waals surface area contributed by atoms with Gasteiger partial charge in [-0.3, -0.25) is 0 Å². The molecular formula is C21H17ClN4O2. The summed E-state index contributed by atoms with van der Waals surface area (Å²) in [6.07, 6.45) is 0. The molecule has 3 heterocycles. The molecule has 7 heteroatoms. The minimum Gasteiger partial charge on any atom is -0.378 e. The summed E-state index contributed by atoms with van der Waals surface area (Å²) in [5, 5.41) is 5.93. The van der Waals surface area contributed by atoms with E-state index >= 15 is 0 Å². The van der Waals surface area contributed by atoms with Crippen molar-refractivity contribution in [1.29, 1.82) is 0 Å². The Labute approximate surface area is 166 Å². The Bertz CT molecular complexity index is 1120. The van der Waals surface area contributed by atoms with Crippen molar-refractivity contribution in [2.24, 2.45) is 0 Å². The first kappa shape index (κ1) is 17.2. The molecule has 1 fully saturated rings. The van der Waals surface area contributed by atoms with Gasteiger partial charge in [0.1, 0.15) is 5.82 Å². The maximum absolute atomic E-state index is 5.97. The van der Waals surface area contributed by atoms with Gasteiger partial charge in [0.05, 0.1) is 24.3 Å². The van der Waals surface area contributed by atoms with Crippen LogP contribution in [-0.2, 0) is 4.74 Å². The van der Waals surface area contributed by atoms with E-state index in [1.807, 2.05) is 36.4 Å². The number of pyridine rings is 1. The average molecular weight is 393 g/mol. The van der Waals surface area contributed by atoms with Gasteiger partial charge in [-0.2, -0.15) is 4.98 Å². The van der Waals surface area contributed by atoms with E-state index in [4.69, 9.17) is 25.8 Å². The van der Waals surface area contributed by atoms with Crippen LogP contribution in [0.4, 0.5) is 5.82 Å². The highest BCUT2D eigenvalue weighted by Crippen LogP contribution is 2.32. The van der Waals surface area contributed by atoms with Gasteiger partial charge in [0, 0.05) is 29.1 Å². The van der Waals surface area contributed by atoms with Crippen LogP contribution < -0.4 is 4.90 Å². The lowest BCUT2D eigenvalue weighted by molar-refractivity contribution is 0.122. The minimum atomic E-state index is 0.452. The molecule has 6 nitrogen and oxygen atoms in total. The predicted molar refractivity (Wildman–Crippen MR) is 109 cm³/mol. The minimum absolute atomic E-state index is 0.452. The van der Waals surface area contributed by atoms with Gasteiger partial charge in [0.25, 0.3) is 5.89 Å². The summed E-state index contributed by atoms with van der Waals surface area (Å²) in [4.78, 5) is 11.7. The zero-order chi connectivity index (χ0) is 18.9. The maximum Gasteiger partial charge on any atom is 0.258 e. The van der Waals surface area contributed by atoms with Crippen molar-refractivity contribution < 1.29 is 9.26 Å². The molecule has 2 aromatic carbocycles. The molecule has 1 aliphatic heterocycles. The van der Waals surface area contributed by atoms with Crippen LogP contribution in [0.25, 0.3) is 33.7 Å². The lowest BCUT2D eigenvalue weighted by atomic mass is 10.1. The number of rotatable bonds is 3. The average Bonchev–Trinajstić information content (AvgIpc) is 3.24. The van der Waals surface area contributed by atoms with Crippen LogP contribution >= 0.6 is 11.6 Å². The van der Waals surface area contributed by atoms with Crippen LogP contribution in [0.1, 0.15) is 0 Å². The zero-order valence-corrected chi connectivity index (χ0v) is 15.8. The summed E-state index contributed by atoms with van der Waals surface area (Å²) in [5.41, 5.74) is 2.61. The van der Waals surface area contributed by atoms with Crippen molar-refractivity contribution in [3.63, 3.8) is 0 Å². The number of hydrogen-bond donors (Lipinski definition) is 0. The molecule has 5 rings (SSSR count). The maximum atomic E-state index is 5.97. The third kappa shape index (κ3) is 3.21. The molecule has 0 unspecified atom stereocenters. The Kier molecular flexibility index (Phi) is 4.43. The van der Waals surface area contributed by atoms with Crippen molar-refractivity contribution in [2.45, 2.75) is 0 Å². The van der Waals surface area contributed by atoms with E-state index in [9.17, 15) is 0 Å². The van der Waals surface area contributed by atoms with Crippen molar-refractivity contribution in [1.82, 2.24) is 15.1 Å². The molecule has 0 saturated carbocycles. The normalized spacial score (nSPS) is 14.5. The third-order valence-electron chi connectivity index (χ3n) is 4.77. The molecule has 0 spiro atoms. The van der Waals surface area contributed by atoms with E-state index in [0.717, 1.165) is 40.9 Å². The molecule has 0 atom stereocenters. The summed E-state index contributed by atoms with van der Waals surface area (Å²) in [6.45, 7) is 2.91. The van der Waals surface area contributed by atoms with Gasteiger partial charge in [-0.15, -0.1) is 0 Å². The van der Waals surface area contributed by atoms with Crippen molar-refractivity contribution >= 4 is 28.3 Å². The second kappa shape index (κ2) is 7.22. The molecule has 1 aliphatic rings. The number of aromatic nitrogens is 3. The molecule has 4 aromatic rings. The Morgan fingerprint density at radius 2 is 1.71 bits per heavy atom. The molecule has 0 bridgehead atoms. The smallest absolute Gasteiger partial charge is 0.258 e. The van der Waals surface area contributed by atoms with Crippen LogP contribution in [-0.4, -0.2) is 41.4 Å². The number of fused-ring (bicyclic) bond motifs is 1. The Balaban J connectivity index is 1.62. The fourth-order valence-corrected chi connectivity index (χ4v) is 3.46. The fourth-order valence-electron chi connectivity index (χ4n) is 3.33. The van der Waals surface area contributed by atoms with Crippen LogP contribution in [0.2, 0.25) is 5.02 Å². The van der Waals surface area contributed by atoms with Gasteiger partial charge in [-0.05, 0) is 36.4 Å². The topological polar surface area (TPSA) is 64.3 Å². The molecule has 2 aromatic heterocycles. The van der Waals surface area contributed by atoms with Crippen LogP contribution in [0.15, 0.2) is 59.1 Å². The van der Waals surface area contributed by atoms with E-state index < -0.39 is 0 Å². The Morgan fingerprint density at radius 3 is 2.54 bits per heavy atom. The third-order valence-corrected chi connectivity index (χ3v) is 5.02. The van der Waals surface area contributed by atoms with Gasteiger partial charge < -0.3 is 14.2 Å². The fraction of sp³-hybridized carbons (Fsp3) is 0.190.